The van der Waals surface area contributed by atoms with Gasteiger partial charge in [-0.1, -0.05) is 0 Å². The van der Waals surface area contributed by atoms with Gasteiger partial charge in [-0.25, -0.2) is 0 Å². The third-order valence-electron chi connectivity index (χ3n) is 0.813. The average Bonchev–Trinajstić information content (AvgIpc) is 1.69. The minimum Gasteiger partial charge on any atom is -0.174 e. The van der Waals surface area contributed by atoms with E-state index in [-0.39, 0.29) is 0 Å². The first-order valence-electron chi connectivity index (χ1n) is 2.24. The van der Waals surface area contributed by atoms with Gasteiger partial charge in [0, 0.05) is 6.92 Å². The van der Waals surface area contributed by atoms with E-state index >= 15 is 0 Å². The molecule has 0 aromatic heterocycles. The van der Waals surface area contributed by atoms with E-state index in [0.29, 0.717) is 0 Å². The Bertz CT molecular complexity index is 140. The van der Waals surface area contributed by atoms with Gasteiger partial charge in [-0.15, -0.1) is 0 Å². The van der Waals surface area contributed by atoms with Crippen molar-refractivity contribution in [2.24, 2.45) is 0 Å². The highest BCUT2D eigenvalue weighted by atomic mass is 14.7. The predicted octanol–water partition coefficient (Wildman–Crippen LogP) is -0.585. The van der Waals surface area contributed by atoms with E-state index in [1.54, 1.807) is 6.21 Å². The molecule has 34 valence electrons. The molecule has 1 aliphatic rings. The van der Waals surface area contributed by atoms with Crippen molar-refractivity contribution in [1.82, 2.24) is 0 Å². The predicted molar refractivity (Wildman–Crippen MR) is 28.6 cm³/mol. The molecule has 0 amide bonds. The van der Waals surface area contributed by atoms with E-state index in [1.165, 1.54) is 5.57 Å². The minimum absolute atomic E-state index is 1.17. The molecule has 0 spiro atoms. The first-order chi connectivity index (χ1) is 3.39. The summed E-state index contributed by atoms with van der Waals surface area (Å²) in [4.78, 5) is 2.88. The lowest BCUT2D eigenvalue weighted by molar-refractivity contribution is -0.366. The average molecular weight is 93.1 g/mol. The highest BCUT2D eigenvalue weighted by Crippen LogP contribution is 1.88. The van der Waals surface area contributed by atoms with Gasteiger partial charge >= 0.3 is 6.21 Å². The standard InChI is InChI=1S/C6H6N/c1-6-2-4-7-5-3-6/h2,4-5H,1H3/q+1/p+1. The van der Waals surface area contributed by atoms with Gasteiger partial charge < -0.3 is 0 Å². The monoisotopic (exact) mass is 93.1 g/mol. The fourth-order valence-corrected chi connectivity index (χ4v) is 0.425. The molecular weight excluding hydrogens is 86.1 g/mol. The third-order valence-corrected chi connectivity index (χ3v) is 0.813. The molecule has 0 bridgehead atoms. The molecule has 0 saturated carbocycles. The SMILES string of the molecule is CC1=[C+]C=[NH+]C=C1. The largest absolute Gasteiger partial charge is 0.312 e. The summed E-state index contributed by atoms with van der Waals surface area (Å²) >= 11 is 0. The van der Waals surface area contributed by atoms with E-state index < -0.39 is 0 Å². The van der Waals surface area contributed by atoms with Crippen molar-refractivity contribution in [1.29, 1.82) is 0 Å². The first kappa shape index (κ1) is 4.23. The van der Waals surface area contributed by atoms with Crippen molar-refractivity contribution in [3.05, 3.63) is 23.9 Å². The van der Waals surface area contributed by atoms with Gasteiger partial charge in [0.05, 0.1) is 0 Å². The number of hydrogen-bond donors (Lipinski definition) is 1. The van der Waals surface area contributed by atoms with Crippen LogP contribution < -0.4 is 4.99 Å². The van der Waals surface area contributed by atoms with Crippen LogP contribution in [0.25, 0.3) is 0 Å². The quantitative estimate of drug-likeness (QED) is 0.385. The van der Waals surface area contributed by atoms with Crippen molar-refractivity contribution in [2.75, 3.05) is 0 Å². The van der Waals surface area contributed by atoms with Gasteiger partial charge in [0.25, 0.3) is 6.20 Å². The van der Waals surface area contributed by atoms with E-state index in [9.17, 15) is 0 Å². The lowest BCUT2D eigenvalue weighted by Gasteiger charge is -1.69. The summed E-state index contributed by atoms with van der Waals surface area (Å²) < 4.78 is 0. The molecule has 1 aliphatic heterocycles. The summed E-state index contributed by atoms with van der Waals surface area (Å²) in [7, 11) is 0. The van der Waals surface area contributed by atoms with Crippen LogP contribution in [-0.2, 0) is 0 Å². The highest BCUT2D eigenvalue weighted by Gasteiger charge is 1.99. The van der Waals surface area contributed by atoms with Gasteiger partial charge in [-0.3, -0.25) is 0 Å². The normalized spacial score (nSPS) is 15.9. The maximum atomic E-state index is 2.98. The van der Waals surface area contributed by atoms with Crippen molar-refractivity contribution in [2.45, 2.75) is 6.92 Å². The fourth-order valence-electron chi connectivity index (χ4n) is 0.425. The number of allylic oxidation sites excluding steroid dienone is 3. The van der Waals surface area contributed by atoms with Crippen LogP contribution in [0, 0.1) is 6.08 Å². The molecule has 1 N–H and O–H groups in total. The van der Waals surface area contributed by atoms with Crippen molar-refractivity contribution < 1.29 is 4.99 Å². The molecule has 1 nitrogen and oxygen atoms in total. The summed E-state index contributed by atoms with van der Waals surface area (Å²) in [5.41, 5.74) is 1.17. The molecule has 0 radical (unpaired) electrons. The van der Waals surface area contributed by atoms with Crippen LogP contribution in [0.5, 0.6) is 0 Å². The van der Waals surface area contributed by atoms with E-state index in [2.05, 4.69) is 11.1 Å². The molecule has 0 aromatic carbocycles. The summed E-state index contributed by atoms with van der Waals surface area (Å²) in [6.07, 6.45) is 8.62. The van der Waals surface area contributed by atoms with Crippen LogP contribution in [0.2, 0.25) is 0 Å². The topological polar surface area (TPSA) is 14.0 Å². The van der Waals surface area contributed by atoms with Crippen LogP contribution in [0.4, 0.5) is 0 Å². The molecule has 0 atom stereocenters. The Balaban J connectivity index is 2.82. The lowest BCUT2D eigenvalue weighted by atomic mass is 10.3. The molecule has 1 heterocycles. The summed E-state index contributed by atoms with van der Waals surface area (Å²) in [5, 5.41) is 0. The molecule has 1 rings (SSSR count). The molecule has 0 aromatic rings. The molecule has 1 heteroatoms. The van der Waals surface area contributed by atoms with Gasteiger partial charge in [0.1, 0.15) is 6.08 Å². The second kappa shape index (κ2) is 1.67. The smallest absolute Gasteiger partial charge is 0.174 e. The van der Waals surface area contributed by atoms with Crippen LogP contribution >= 0.6 is 0 Å². The van der Waals surface area contributed by atoms with E-state index in [1.807, 2.05) is 19.2 Å². The van der Waals surface area contributed by atoms with Crippen LogP contribution in [-0.4, -0.2) is 6.21 Å². The maximum absolute atomic E-state index is 2.98. The third kappa shape index (κ3) is 0.951. The second-order valence-electron chi connectivity index (χ2n) is 1.47. The van der Waals surface area contributed by atoms with E-state index in [4.69, 9.17) is 0 Å². The Hall–Kier alpha value is -0.940. The zero-order valence-electron chi connectivity index (χ0n) is 4.23. The van der Waals surface area contributed by atoms with Gasteiger partial charge in [0.15, 0.2) is 11.6 Å². The Kier molecular flexibility index (Phi) is 1.01. The van der Waals surface area contributed by atoms with Crippen LogP contribution in [0.1, 0.15) is 6.92 Å². The minimum atomic E-state index is 1.17. The highest BCUT2D eigenvalue weighted by molar-refractivity contribution is 5.63. The Morgan fingerprint density at radius 1 is 1.71 bits per heavy atom. The molecule has 0 fully saturated rings. The van der Waals surface area contributed by atoms with Crippen molar-refractivity contribution in [3.63, 3.8) is 0 Å². The number of hydrogen-bond acceptors (Lipinski definition) is 0. The summed E-state index contributed by atoms with van der Waals surface area (Å²) in [5.74, 6) is 0. The zero-order valence-corrected chi connectivity index (χ0v) is 4.23. The van der Waals surface area contributed by atoms with Gasteiger partial charge in [-0.2, -0.15) is 4.99 Å². The van der Waals surface area contributed by atoms with Crippen molar-refractivity contribution >= 4 is 6.21 Å². The van der Waals surface area contributed by atoms with Crippen LogP contribution in [0.3, 0.4) is 0 Å². The van der Waals surface area contributed by atoms with Gasteiger partial charge in [-0.05, 0) is 0 Å². The fraction of sp³-hybridized carbons (Fsp3) is 0.167. The van der Waals surface area contributed by atoms with Crippen molar-refractivity contribution in [3.8, 4) is 0 Å². The van der Waals surface area contributed by atoms with E-state index in [0.717, 1.165) is 0 Å². The molecule has 0 aliphatic carbocycles. The number of rotatable bonds is 0. The molecule has 0 saturated heterocycles. The molecule has 0 unspecified atom stereocenters. The summed E-state index contributed by atoms with van der Waals surface area (Å²) in [6, 6.07) is 0. The Labute approximate surface area is 43.1 Å². The second-order valence-corrected chi connectivity index (χ2v) is 1.47. The first-order valence-corrected chi connectivity index (χ1v) is 2.24. The molecular formula is C6H7N+2. The Morgan fingerprint density at radius 3 is 2.86 bits per heavy atom. The summed E-state index contributed by atoms with van der Waals surface area (Å²) in [6.45, 7) is 2.01. The zero-order chi connectivity index (χ0) is 5.11. The van der Waals surface area contributed by atoms with Gasteiger partial charge in [0.2, 0.25) is 0 Å². The maximum Gasteiger partial charge on any atom is 0.312 e. The number of nitrogens with one attached hydrogen (secondary N) is 1. The molecule has 7 heavy (non-hydrogen) atoms. The lowest BCUT2D eigenvalue weighted by Crippen LogP contribution is -2.61. The Morgan fingerprint density at radius 2 is 2.57 bits per heavy atom. The van der Waals surface area contributed by atoms with Crippen LogP contribution in [0.15, 0.2) is 17.8 Å².